The molecule has 2 aromatic carbocycles. The number of barbiturate groups is 1. The van der Waals surface area contributed by atoms with Gasteiger partial charge in [-0.2, -0.15) is 18.3 Å². The van der Waals surface area contributed by atoms with Crippen molar-refractivity contribution in [3.8, 4) is 0 Å². The molecule has 176 valence electrons. The van der Waals surface area contributed by atoms with E-state index in [0.717, 1.165) is 24.4 Å². The molecule has 34 heavy (non-hydrogen) atoms. The molecule has 1 saturated heterocycles. The molecule has 10 nitrogen and oxygen atoms in total. The highest BCUT2D eigenvalue weighted by Gasteiger charge is 2.41. The molecular formula is C21H16F3N5O5. The first-order chi connectivity index (χ1) is 16.0. The van der Waals surface area contributed by atoms with Crippen molar-refractivity contribution in [1.82, 2.24) is 10.7 Å². The number of nitrogens with one attached hydrogen (secondary N) is 3. The molecule has 6 amide bonds. The zero-order chi connectivity index (χ0) is 25.0. The second-order valence-electron chi connectivity index (χ2n) is 6.97. The van der Waals surface area contributed by atoms with Gasteiger partial charge in [-0.3, -0.25) is 24.5 Å². The zero-order valence-electron chi connectivity index (χ0n) is 17.3. The lowest BCUT2D eigenvalue weighted by Crippen LogP contribution is -2.58. The Hall–Kier alpha value is -4.55. The Labute approximate surface area is 189 Å². The second-order valence-corrected chi connectivity index (χ2v) is 6.97. The number of amides is 6. The summed E-state index contributed by atoms with van der Waals surface area (Å²) < 4.78 is 39.0. The third-order valence-electron chi connectivity index (χ3n) is 4.49. The molecule has 0 aliphatic carbocycles. The van der Waals surface area contributed by atoms with Gasteiger partial charge >= 0.3 is 12.2 Å². The number of anilines is 2. The Morgan fingerprint density at radius 1 is 1.09 bits per heavy atom. The average Bonchev–Trinajstić information content (AvgIpc) is 2.75. The zero-order valence-corrected chi connectivity index (χ0v) is 17.3. The fourth-order valence-electron chi connectivity index (χ4n) is 2.93. The molecular weight excluding hydrogens is 459 g/mol. The van der Waals surface area contributed by atoms with Gasteiger partial charge in [-0.1, -0.05) is 6.07 Å². The van der Waals surface area contributed by atoms with E-state index < -0.39 is 47.1 Å². The standard InChI is InChI=1S/C21H16F3N5O5/c1-11(30)26-14-7-5-12(6-8-14)17(31)28-25-10-16-18(32)27-20(34)29(19(16)33)15-4-2-3-13(9-15)21(22,23)24/h2-10,16H,1H3,(H,26,30)(H,28,31)(H,27,32,34)/b25-10-/t16-/m0/s1. The number of alkyl halides is 3. The van der Waals surface area contributed by atoms with Crippen LogP contribution < -0.4 is 21.0 Å². The maximum Gasteiger partial charge on any atom is 0.416 e. The molecule has 3 rings (SSSR count). The fraction of sp³-hybridized carbons (Fsp3) is 0.143. The van der Waals surface area contributed by atoms with Gasteiger partial charge in [0, 0.05) is 24.4 Å². The van der Waals surface area contributed by atoms with Crippen molar-refractivity contribution in [2.75, 3.05) is 10.2 Å². The van der Waals surface area contributed by atoms with Crippen molar-refractivity contribution in [2.24, 2.45) is 11.0 Å². The first kappa shape index (κ1) is 24.1. The van der Waals surface area contributed by atoms with E-state index >= 15 is 0 Å². The maximum atomic E-state index is 13.0. The first-order valence-corrected chi connectivity index (χ1v) is 9.54. The largest absolute Gasteiger partial charge is 0.416 e. The van der Waals surface area contributed by atoms with Crippen LogP contribution in [0.15, 0.2) is 53.6 Å². The number of carbonyl (C=O) groups is 5. The van der Waals surface area contributed by atoms with Crippen LogP contribution in [-0.2, 0) is 20.6 Å². The number of hydrogen-bond donors (Lipinski definition) is 3. The maximum absolute atomic E-state index is 13.0. The van der Waals surface area contributed by atoms with Crippen LogP contribution in [0, 0.1) is 5.92 Å². The van der Waals surface area contributed by atoms with Gasteiger partial charge in [0.25, 0.3) is 11.8 Å². The van der Waals surface area contributed by atoms with Crippen LogP contribution >= 0.6 is 0 Å². The lowest BCUT2D eigenvalue weighted by atomic mass is 10.1. The van der Waals surface area contributed by atoms with E-state index in [0.29, 0.717) is 16.7 Å². The lowest BCUT2D eigenvalue weighted by Gasteiger charge is -2.28. The molecule has 1 heterocycles. The number of carbonyl (C=O) groups excluding carboxylic acids is 5. The Bertz CT molecular complexity index is 1190. The first-order valence-electron chi connectivity index (χ1n) is 9.54. The minimum Gasteiger partial charge on any atom is -0.326 e. The van der Waals surface area contributed by atoms with Crippen LogP contribution in [0.5, 0.6) is 0 Å². The summed E-state index contributed by atoms with van der Waals surface area (Å²) in [6.07, 6.45) is -3.96. The monoisotopic (exact) mass is 475 g/mol. The summed E-state index contributed by atoms with van der Waals surface area (Å²) in [5.74, 6) is -4.90. The molecule has 1 fully saturated rings. The molecule has 3 N–H and O–H groups in total. The van der Waals surface area contributed by atoms with Crippen molar-refractivity contribution < 1.29 is 37.1 Å². The molecule has 0 bridgehead atoms. The Morgan fingerprint density at radius 3 is 2.38 bits per heavy atom. The average molecular weight is 475 g/mol. The summed E-state index contributed by atoms with van der Waals surface area (Å²) in [6, 6.07) is 7.96. The van der Waals surface area contributed by atoms with Gasteiger partial charge in [-0.25, -0.2) is 15.1 Å². The van der Waals surface area contributed by atoms with E-state index in [4.69, 9.17) is 0 Å². The molecule has 2 aromatic rings. The van der Waals surface area contributed by atoms with E-state index in [1.165, 1.54) is 31.2 Å². The van der Waals surface area contributed by atoms with Crippen molar-refractivity contribution in [1.29, 1.82) is 0 Å². The SMILES string of the molecule is CC(=O)Nc1ccc(C(=O)N/N=C\[C@H]2C(=O)NC(=O)N(c3cccc(C(F)(F)F)c3)C2=O)cc1. The van der Waals surface area contributed by atoms with Gasteiger partial charge < -0.3 is 5.32 Å². The number of halogens is 3. The number of nitrogens with zero attached hydrogens (tertiary/aromatic N) is 2. The van der Waals surface area contributed by atoms with Crippen molar-refractivity contribution in [3.63, 3.8) is 0 Å². The molecule has 0 saturated carbocycles. The predicted octanol–water partition coefficient (Wildman–Crippen LogP) is 2.28. The van der Waals surface area contributed by atoms with E-state index in [9.17, 15) is 37.1 Å². The normalized spacial score (nSPS) is 16.4. The van der Waals surface area contributed by atoms with Crippen LogP contribution in [0.4, 0.5) is 29.3 Å². The minimum absolute atomic E-state index is 0.145. The minimum atomic E-state index is -4.72. The quantitative estimate of drug-likeness (QED) is 0.346. The summed E-state index contributed by atoms with van der Waals surface area (Å²) in [5, 5.41) is 7.95. The highest BCUT2D eigenvalue weighted by atomic mass is 19.4. The van der Waals surface area contributed by atoms with Crippen molar-refractivity contribution >= 4 is 47.2 Å². The second kappa shape index (κ2) is 9.52. The Kier molecular flexibility index (Phi) is 6.75. The smallest absolute Gasteiger partial charge is 0.326 e. The number of rotatable bonds is 5. The van der Waals surface area contributed by atoms with E-state index in [1.54, 1.807) is 0 Å². The lowest BCUT2D eigenvalue weighted by molar-refractivity contribution is -0.138. The van der Waals surface area contributed by atoms with Gasteiger partial charge in [0.15, 0.2) is 5.92 Å². The molecule has 0 radical (unpaired) electrons. The molecule has 1 aliphatic heterocycles. The van der Waals surface area contributed by atoms with Gasteiger partial charge in [0.05, 0.1) is 11.3 Å². The summed E-state index contributed by atoms with van der Waals surface area (Å²) in [4.78, 5) is 60.5. The highest BCUT2D eigenvalue weighted by Crippen LogP contribution is 2.32. The van der Waals surface area contributed by atoms with Gasteiger partial charge in [-0.05, 0) is 42.5 Å². The number of hydrazone groups is 1. The van der Waals surface area contributed by atoms with Crippen LogP contribution in [0.1, 0.15) is 22.8 Å². The van der Waals surface area contributed by atoms with E-state index in [-0.39, 0.29) is 11.5 Å². The van der Waals surface area contributed by atoms with Crippen LogP contribution in [0.3, 0.4) is 0 Å². The molecule has 1 aliphatic rings. The number of benzene rings is 2. The Morgan fingerprint density at radius 2 is 1.76 bits per heavy atom. The van der Waals surface area contributed by atoms with Crippen molar-refractivity contribution in [3.05, 3.63) is 59.7 Å². The summed E-state index contributed by atoms with van der Waals surface area (Å²) in [7, 11) is 0. The van der Waals surface area contributed by atoms with Crippen molar-refractivity contribution in [2.45, 2.75) is 13.1 Å². The van der Waals surface area contributed by atoms with E-state index in [2.05, 4.69) is 15.8 Å². The summed E-state index contributed by atoms with van der Waals surface area (Å²) >= 11 is 0. The summed E-state index contributed by atoms with van der Waals surface area (Å²) in [6.45, 7) is 1.32. The van der Waals surface area contributed by atoms with Crippen LogP contribution in [-0.4, -0.2) is 35.9 Å². The third-order valence-corrected chi connectivity index (χ3v) is 4.49. The molecule has 0 unspecified atom stereocenters. The number of imide groups is 2. The third kappa shape index (κ3) is 5.43. The van der Waals surface area contributed by atoms with Gasteiger partial charge in [-0.15, -0.1) is 0 Å². The molecule has 1 atom stereocenters. The highest BCUT2D eigenvalue weighted by molar-refractivity contribution is 6.32. The van der Waals surface area contributed by atoms with Crippen LogP contribution in [0.25, 0.3) is 0 Å². The molecule has 0 aromatic heterocycles. The molecule has 0 spiro atoms. The molecule has 13 heteroatoms. The number of hydrogen-bond acceptors (Lipinski definition) is 6. The fourth-order valence-corrected chi connectivity index (χ4v) is 2.93. The predicted molar refractivity (Wildman–Crippen MR) is 113 cm³/mol. The summed E-state index contributed by atoms with van der Waals surface area (Å²) in [5.41, 5.74) is 1.21. The van der Waals surface area contributed by atoms with Crippen LogP contribution in [0.2, 0.25) is 0 Å². The topological polar surface area (TPSA) is 137 Å². The van der Waals surface area contributed by atoms with E-state index in [1.807, 2.05) is 5.32 Å². The van der Waals surface area contributed by atoms with Gasteiger partial charge in [0.1, 0.15) is 0 Å². The Balaban J connectivity index is 1.73. The number of urea groups is 1. The van der Waals surface area contributed by atoms with Gasteiger partial charge in [0.2, 0.25) is 11.8 Å².